The molecule has 2 aromatic heterocycles. The molecule has 1 N–H and O–H groups in total. The molecule has 2 atom stereocenters. The third-order valence-corrected chi connectivity index (χ3v) is 5.88. The van der Waals surface area contributed by atoms with E-state index >= 15 is 0 Å². The number of fused-ring (bicyclic) bond motifs is 3. The lowest BCUT2D eigenvalue weighted by atomic mass is 10.1. The number of rotatable bonds is 4. The highest BCUT2D eigenvalue weighted by atomic mass is 32.1. The highest BCUT2D eigenvalue weighted by Gasteiger charge is 2.34. The number of nitrogens with zero attached hydrogens (tertiary/aromatic N) is 3. The normalized spacial score (nSPS) is 22.7. The number of thiazole rings is 1. The highest BCUT2D eigenvalue weighted by Crippen LogP contribution is 2.35. The number of aromatic nitrogens is 2. The van der Waals surface area contributed by atoms with Gasteiger partial charge < -0.3 is 14.6 Å². The minimum atomic E-state index is -2.40. The van der Waals surface area contributed by atoms with Crippen molar-refractivity contribution in [3.8, 4) is 10.6 Å². The summed E-state index contributed by atoms with van der Waals surface area (Å²) in [4.78, 5) is 11.1. The average Bonchev–Trinajstić information content (AvgIpc) is 3.33. The summed E-state index contributed by atoms with van der Waals surface area (Å²) in [5, 5.41) is 6.21. The van der Waals surface area contributed by atoms with E-state index in [9.17, 15) is 8.78 Å². The Morgan fingerprint density at radius 3 is 2.77 bits per heavy atom. The maximum atomic E-state index is 12.9. The molecule has 2 saturated heterocycles. The highest BCUT2D eigenvalue weighted by molar-refractivity contribution is 7.13. The zero-order valence-electron chi connectivity index (χ0n) is 14.0. The molecule has 2 aliphatic heterocycles. The van der Waals surface area contributed by atoms with Crippen molar-refractivity contribution in [1.82, 2.24) is 15.3 Å². The van der Waals surface area contributed by atoms with Crippen LogP contribution in [-0.2, 0) is 6.42 Å². The van der Waals surface area contributed by atoms with Crippen LogP contribution < -0.4 is 10.2 Å². The number of nitrogens with one attached hydrogen (secondary N) is 1. The Morgan fingerprint density at radius 2 is 2.08 bits per heavy atom. The fourth-order valence-corrected chi connectivity index (χ4v) is 4.63. The van der Waals surface area contributed by atoms with Gasteiger partial charge in [-0.3, -0.25) is 0 Å². The van der Waals surface area contributed by atoms with E-state index in [1.807, 2.05) is 5.38 Å². The van der Waals surface area contributed by atoms with E-state index in [4.69, 9.17) is 4.42 Å². The molecule has 8 heteroatoms. The molecule has 5 nitrogen and oxygen atoms in total. The molecular formula is C18H18F2N4OS. The summed E-state index contributed by atoms with van der Waals surface area (Å²) < 4.78 is 31.9. The molecule has 2 aliphatic rings. The Kier molecular flexibility index (Phi) is 3.90. The number of benzene rings is 1. The first kappa shape index (κ1) is 16.1. The molecule has 136 valence electrons. The second kappa shape index (κ2) is 6.28. The topological polar surface area (TPSA) is 54.2 Å². The molecule has 0 saturated carbocycles. The van der Waals surface area contributed by atoms with E-state index in [1.165, 1.54) is 24.2 Å². The van der Waals surface area contributed by atoms with Gasteiger partial charge >= 0.3 is 0 Å². The lowest BCUT2D eigenvalue weighted by molar-refractivity contribution is 0.149. The van der Waals surface area contributed by atoms with E-state index in [0.29, 0.717) is 34.8 Å². The maximum absolute atomic E-state index is 12.9. The minimum Gasteiger partial charge on any atom is -0.423 e. The summed E-state index contributed by atoms with van der Waals surface area (Å²) >= 11 is 1.46. The van der Waals surface area contributed by atoms with Gasteiger partial charge in [-0.1, -0.05) is 0 Å². The van der Waals surface area contributed by atoms with Crippen molar-refractivity contribution in [1.29, 1.82) is 0 Å². The Labute approximate surface area is 153 Å². The zero-order chi connectivity index (χ0) is 17.7. The summed E-state index contributed by atoms with van der Waals surface area (Å²) in [6.45, 7) is 1.72. The van der Waals surface area contributed by atoms with Crippen LogP contribution in [-0.4, -0.2) is 41.6 Å². The third kappa shape index (κ3) is 2.87. The molecular weight excluding hydrogens is 358 g/mol. The van der Waals surface area contributed by atoms with Crippen LogP contribution in [0.2, 0.25) is 0 Å². The summed E-state index contributed by atoms with van der Waals surface area (Å²) in [5.74, 6) is 0. The Bertz CT molecular complexity index is 915. The van der Waals surface area contributed by atoms with Gasteiger partial charge in [0.2, 0.25) is 6.43 Å². The van der Waals surface area contributed by atoms with E-state index < -0.39 is 6.43 Å². The van der Waals surface area contributed by atoms with Gasteiger partial charge in [-0.25, -0.2) is 13.8 Å². The Balaban J connectivity index is 1.59. The van der Waals surface area contributed by atoms with Gasteiger partial charge in [-0.2, -0.15) is 4.98 Å². The maximum Gasteiger partial charge on any atom is 0.298 e. The van der Waals surface area contributed by atoms with E-state index in [2.05, 4.69) is 20.2 Å². The molecule has 0 amide bonds. The van der Waals surface area contributed by atoms with Crippen LogP contribution in [0.5, 0.6) is 0 Å². The lowest BCUT2D eigenvalue weighted by Crippen LogP contribution is -2.51. The van der Waals surface area contributed by atoms with Crippen LogP contribution in [0.1, 0.15) is 18.4 Å². The number of halogens is 2. The number of hydrogen-bond acceptors (Lipinski definition) is 6. The largest absolute Gasteiger partial charge is 0.423 e. The number of piperazine rings is 1. The van der Waals surface area contributed by atoms with Crippen molar-refractivity contribution < 1.29 is 13.2 Å². The quantitative estimate of drug-likeness (QED) is 0.753. The molecule has 0 spiro atoms. The average molecular weight is 376 g/mol. The Morgan fingerprint density at radius 1 is 1.27 bits per heavy atom. The van der Waals surface area contributed by atoms with E-state index in [-0.39, 0.29) is 6.42 Å². The predicted molar refractivity (Wildman–Crippen MR) is 97.0 cm³/mol. The van der Waals surface area contributed by atoms with Gasteiger partial charge in [0.15, 0.2) is 5.58 Å². The smallest absolute Gasteiger partial charge is 0.298 e. The predicted octanol–water partition coefficient (Wildman–Crippen LogP) is 3.70. The molecule has 2 unspecified atom stereocenters. The summed E-state index contributed by atoms with van der Waals surface area (Å²) in [6, 6.07) is 4.98. The summed E-state index contributed by atoms with van der Waals surface area (Å²) in [6.07, 6.45) is 1.35. The molecule has 5 rings (SSSR count). The van der Waals surface area contributed by atoms with Gasteiger partial charge in [-0.15, -0.1) is 11.3 Å². The van der Waals surface area contributed by atoms with E-state index in [1.54, 1.807) is 18.3 Å². The van der Waals surface area contributed by atoms with Crippen molar-refractivity contribution >= 4 is 28.5 Å². The van der Waals surface area contributed by atoms with Crippen LogP contribution in [0, 0.1) is 0 Å². The monoisotopic (exact) mass is 376 g/mol. The first-order valence-electron chi connectivity index (χ1n) is 8.78. The molecule has 2 bridgehead atoms. The number of hydrogen-bond donors (Lipinski definition) is 1. The lowest BCUT2D eigenvalue weighted by Gasteiger charge is -2.31. The van der Waals surface area contributed by atoms with Gasteiger partial charge in [0.05, 0.1) is 5.56 Å². The number of alkyl halides is 2. The summed E-state index contributed by atoms with van der Waals surface area (Å²) in [7, 11) is 0. The van der Waals surface area contributed by atoms with Crippen molar-refractivity contribution in [2.45, 2.75) is 37.8 Å². The second-order valence-corrected chi connectivity index (χ2v) is 7.86. The molecule has 0 radical (unpaired) electrons. The fraction of sp³-hybridized carbons (Fsp3) is 0.444. The Hall–Kier alpha value is -2.06. The van der Waals surface area contributed by atoms with Crippen LogP contribution >= 0.6 is 11.3 Å². The first-order chi connectivity index (χ1) is 12.7. The van der Waals surface area contributed by atoms with Gasteiger partial charge in [-0.05, 0) is 30.5 Å². The molecule has 2 fully saturated rings. The molecule has 26 heavy (non-hydrogen) atoms. The van der Waals surface area contributed by atoms with Crippen molar-refractivity contribution in [3.05, 3.63) is 29.3 Å². The zero-order valence-corrected chi connectivity index (χ0v) is 14.8. The summed E-state index contributed by atoms with van der Waals surface area (Å²) in [5.41, 5.74) is 2.54. The van der Waals surface area contributed by atoms with Crippen LogP contribution in [0.25, 0.3) is 21.7 Å². The molecule has 1 aromatic carbocycles. The van der Waals surface area contributed by atoms with Crippen LogP contribution in [0.3, 0.4) is 0 Å². The molecule has 3 aromatic rings. The van der Waals surface area contributed by atoms with Crippen molar-refractivity contribution in [2.24, 2.45) is 0 Å². The van der Waals surface area contributed by atoms with Crippen molar-refractivity contribution in [3.63, 3.8) is 0 Å². The van der Waals surface area contributed by atoms with Gasteiger partial charge in [0, 0.05) is 43.2 Å². The van der Waals surface area contributed by atoms with Gasteiger partial charge in [0.25, 0.3) is 6.01 Å². The first-order valence-corrected chi connectivity index (χ1v) is 9.66. The van der Waals surface area contributed by atoms with Crippen LogP contribution in [0.15, 0.2) is 28.1 Å². The van der Waals surface area contributed by atoms with E-state index in [0.717, 1.165) is 23.7 Å². The fourth-order valence-electron chi connectivity index (χ4n) is 3.98. The van der Waals surface area contributed by atoms with Crippen LogP contribution in [0.4, 0.5) is 14.8 Å². The minimum absolute atomic E-state index is 0.297. The SMILES string of the molecule is FC(F)Cc1cc(-c2nccs2)c2oc(N3CC4CCC(C3)N4)nc2c1. The molecule has 0 aliphatic carbocycles. The number of anilines is 1. The molecule has 4 heterocycles. The third-order valence-electron chi connectivity index (χ3n) is 5.08. The second-order valence-electron chi connectivity index (χ2n) is 6.96. The number of oxazole rings is 1. The van der Waals surface area contributed by atoms with Crippen molar-refractivity contribution in [2.75, 3.05) is 18.0 Å². The standard InChI is InChI=1S/C18H18F2N4OS/c19-15(20)7-10-5-13(17-21-3-4-26-17)16-14(6-10)23-18(25-16)24-8-11-1-2-12(9-24)22-11/h3-6,11-12,15,22H,1-2,7-9H2. The van der Waals surface area contributed by atoms with Gasteiger partial charge in [0.1, 0.15) is 10.5 Å².